The summed E-state index contributed by atoms with van der Waals surface area (Å²) in [5.41, 5.74) is 0. The number of hydrogen-bond donors (Lipinski definition) is 3. The second kappa shape index (κ2) is 4.39. The fraction of sp³-hybridized carbons (Fsp3) is 0.667. The number of piperazine rings is 1. The van der Waals surface area contributed by atoms with E-state index in [0.29, 0.717) is 13.0 Å². The molecule has 1 atom stereocenters. The molecule has 0 radical (unpaired) electrons. The summed E-state index contributed by atoms with van der Waals surface area (Å²) in [5, 5.41) is 12.8. The fourth-order valence-electron chi connectivity index (χ4n) is 1.59. The molecule has 1 aliphatic heterocycles. The standard InChI is InChI=1S/C9H15N5O/c1-2-7-12-8(14-13-7)5-6-9(15)11-4-3-10-6/h6,10H,2-5H2,1H3,(H,11,15)(H,12,13,14). The number of carbonyl (C=O) groups is 1. The highest BCUT2D eigenvalue weighted by Gasteiger charge is 2.22. The van der Waals surface area contributed by atoms with Crippen LogP contribution in [0.5, 0.6) is 0 Å². The van der Waals surface area contributed by atoms with Gasteiger partial charge in [0.15, 0.2) is 0 Å². The third kappa shape index (κ3) is 2.33. The molecule has 0 bridgehead atoms. The highest BCUT2D eigenvalue weighted by molar-refractivity contribution is 5.82. The van der Waals surface area contributed by atoms with Crippen molar-refractivity contribution in [1.82, 2.24) is 25.8 Å². The quantitative estimate of drug-likeness (QED) is 0.596. The molecule has 1 unspecified atom stereocenters. The topological polar surface area (TPSA) is 82.7 Å². The fourth-order valence-corrected chi connectivity index (χ4v) is 1.59. The van der Waals surface area contributed by atoms with Gasteiger partial charge in [0.05, 0.1) is 6.04 Å². The first-order chi connectivity index (χ1) is 7.29. The number of aryl methyl sites for hydroxylation is 1. The second-order valence-electron chi connectivity index (χ2n) is 3.55. The van der Waals surface area contributed by atoms with Crippen LogP contribution in [0.3, 0.4) is 0 Å². The molecule has 6 heteroatoms. The van der Waals surface area contributed by atoms with Gasteiger partial charge in [-0.2, -0.15) is 5.10 Å². The Morgan fingerprint density at radius 2 is 2.33 bits per heavy atom. The van der Waals surface area contributed by atoms with E-state index in [1.807, 2.05) is 6.92 Å². The normalized spacial score (nSPS) is 21.4. The molecule has 3 N–H and O–H groups in total. The first-order valence-electron chi connectivity index (χ1n) is 5.21. The lowest BCUT2D eigenvalue weighted by Crippen LogP contribution is -2.53. The van der Waals surface area contributed by atoms with E-state index in [1.54, 1.807) is 0 Å². The van der Waals surface area contributed by atoms with Gasteiger partial charge in [-0.1, -0.05) is 6.92 Å². The average molecular weight is 209 g/mol. The van der Waals surface area contributed by atoms with Gasteiger partial charge in [-0.15, -0.1) is 0 Å². The van der Waals surface area contributed by atoms with Gasteiger partial charge in [0.2, 0.25) is 5.91 Å². The van der Waals surface area contributed by atoms with Crippen LogP contribution in [-0.4, -0.2) is 40.2 Å². The van der Waals surface area contributed by atoms with Gasteiger partial charge >= 0.3 is 0 Å². The van der Waals surface area contributed by atoms with Crippen molar-refractivity contribution in [2.24, 2.45) is 0 Å². The van der Waals surface area contributed by atoms with Crippen molar-refractivity contribution in [3.8, 4) is 0 Å². The minimum Gasteiger partial charge on any atom is -0.353 e. The van der Waals surface area contributed by atoms with Gasteiger partial charge in [-0.25, -0.2) is 4.98 Å². The van der Waals surface area contributed by atoms with Crippen LogP contribution in [0, 0.1) is 0 Å². The molecule has 82 valence electrons. The largest absolute Gasteiger partial charge is 0.353 e. The number of aromatic amines is 1. The molecule has 0 saturated carbocycles. The van der Waals surface area contributed by atoms with Crippen molar-refractivity contribution in [2.45, 2.75) is 25.8 Å². The first-order valence-corrected chi connectivity index (χ1v) is 5.21. The zero-order valence-electron chi connectivity index (χ0n) is 8.71. The molecule has 15 heavy (non-hydrogen) atoms. The first kappa shape index (κ1) is 10.1. The van der Waals surface area contributed by atoms with Gasteiger partial charge in [-0.3, -0.25) is 9.89 Å². The molecule has 1 saturated heterocycles. The Morgan fingerprint density at radius 1 is 1.47 bits per heavy atom. The van der Waals surface area contributed by atoms with Crippen LogP contribution in [0.15, 0.2) is 0 Å². The van der Waals surface area contributed by atoms with Crippen molar-refractivity contribution in [1.29, 1.82) is 0 Å². The maximum absolute atomic E-state index is 11.4. The van der Waals surface area contributed by atoms with Crippen LogP contribution in [0.25, 0.3) is 0 Å². The summed E-state index contributed by atoms with van der Waals surface area (Å²) in [7, 11) is 0. The van der Waals surface area contributed by atoms with E-state index in [0.717, 1.165) is 24.6 Å². The number of aromatic nitrogens is 3. The molecule has 0 aliphatic carbocycles. The lowest BCUT2D eigenvalue weighted by molar-refractivity contribution is -0.124. The van der Waals surface area contributed by atoms with Gasteiger partial charge in [0.25, 0.3) is 0 Å². The summed E-state index contributed by atoms with van der Waals surface area (Å²) in [5.74, 6) is 1.60. The van der Waals surface area contributed by atoms with E-state index < -0.39 is 0 Å². The van der Waals surface area contributed by atoms with Gasteiger partial charge < -0.3 is 10.6 Å². The third-order valence-electron chi connectivity index (χ3n) is 2.42. The van der Waals surface area contributed by atoms with Crippen LogP contribution < -0.4 is 10.6 Å². The van der Waals surface area contributed by atoms with E-state index in [9.17, 15) is 4.79 Å². The molecule has 2 heterocycles. The van der Waals surface area contributed by atoms with E-state index in [-0.39, 0.29) is 11.9 Å². The van der Waals surface area contributed by atoms with Crippen LogP contribution in [-0.2, 0) is 17.6 Å². The monoisotopic (exact) mass is 209 g/mol. The van der Waals surface area contributed by atoms with E-state index >= 15 is 0 Å². The molecule has 0 aromatic carbocycles. The number of amides is 1. The molecule has 0 spiro atoms. The van der Waals surface area contributed by atoms with Crippen LogP contribution >= 0.6 is 0 Å². The lowest BCUT2D eigenvalue weighted by atomic mass is 10.1. The molecule has 2 rings (SSSR count). The summed E-state index contributed by atoms with van der Waals surface area (Å²) in [6.45, 7) is 3.51. The Balaban J connectivity index is 1.98. The Morgan fingerprint density at radius 3 is 3.00 bits per heavy atom. The van der Waals surface area contributed by atoms with Crippen LogP contribution in [0.2, 0.25) is 0 Å². The zero-order valence-corrected chi connectivity index (χ0v) is 8.71. The predicted molar refractivity (Wildman–Crippen MR) is 54.3 cm³/mol. The molecule has 1 fully saturated rings. The SMILES string of the molecule is CCc1n[nH]c(CC2NCCNC2=O)n1. The van der Waals surface area contributed by atoms with Crippen molar-refractivity contribution < 1.29 is 4.79 Å². The predicted octanol–water partition coefficient (Wildman–Crippen LogP) is -1.00. The minimum atomic E-state index is -0.184. The number of nitrogens with one attached hydrogen (secondary N) is 3. The number of H-pyrrole nitrogens is 1. The number of carbonyl (C=O) groups excluding carboxylic acids is 1. The lowest BCUT2D eigenvalue weighted by Gasteiger charge is -2.22. The molecular weight excluding hydrogens is 194 g/mol. The summed E-state index contributed by atoms with van der Waals surface area (Å²) in [6.07, 6.45) is 1.37. The highest BCUT2D eigenvalue weighted by Crippen LogP contribution is 2.00. The molecule has 1 aliphatic rings. The number of hydrogen-bond acceptors (Lipinski definition) is 4. The Bertz CT molecular complexity index is 348. The summed E-state index contributed by atoms with van der Waals surface area (Å²) in [6, 6.07) is -0.184. The van der Waals surface area contributed by atoms with E-state index in [2.05, 4.69) is 25.8 Å². The van der Waals surface area contributed by atoms with Gasteiger partial charge in [0, 0.05) is 25.9 Å². The maximum atomic E-state index is 11.4. The van der Waals surface area contributed by atoms with Crippen LogP contribution in [0.4, 0.5) is 0 Å². The second-order valence-corrected chi connectivity index (χ2v) is 3.55. The third-order valence-corrected chi connectivity index (χ3v) is 2.42. The molecule has 1 aromatic rings. The Hall–Kier alpha value is -1.43. The van der Waals surface area contributed by atoms with Crippen molar-refractivity contribution >= 4 is 5.91 Å². The van der Waals surface area contributed by atoms with E-state index in [4.69, 9.17) is 0 Å². The van der Waals surface area contributed by atoms with E-state index in [1.165, 1.54) is 0 Å². The van der Waals surface area contributed by atoms with Crippen molar-refractivity contribution in [2.75, 3.05) is 13.1 Å². The van der Waals surface area contributed by atoms with Crippen molar-refractivity contribution in [3.05, 3.63) is 11.6 Å². The van der Waals surface area contributed by atoms with Gasteiger partial charge in [-0.05, 0) is 0 Å². The van der Waals surface area contributed by atoms with Crippen molar-refractivity contribution in [3.63, 3.8) is 0 Å². The Kier molecular flexibility index (Phi) is 2.96. The average Bonchev–Trinajstić information content (AvgIpc) is 2.69. The van der Waals surface area contributed by atoms with Gasteiger partial charge in [0.1, 0.15) is 11.6 Å². The van der Waals surface area contributed by atoms with Crippen LogP contribution in [0.1, 0.15) is 18.6 Å². The maximum Gasteiger partial charge on any atom is 0.237 e. The minimum absolute atomic E-state index is 0.0377. The molecular formula is C9H15N5O. The highest BCUT2D eigenvalue weighted by atomic mass is 16.2. The zero-order chi connectivity index (χ0) is 10.7. The number of rotatable bonds is 3. The molecule has 1 amide bonds. The summed E-state index contributed by atoms with van der Waals surface area (Å²) in [4.78, 5) is 15.7. The summed E-state index contributed by atoms with van der Waals surface area (Å²) < 4.78 is 0. The molecule has 1 aromatic heterocycles. The summed E-state index contributed by atoms with van der Waals surface area (Å²) >= 11 is 0. The molecule has 6 nitrogen and oxygen atoms in total. The Labute approximate surface area is 87.9 Å². The smallest absolute Gasteiger partial charge is 0.237 e. The number of nitrogens with zero attached hydrogens (tertiary/aromatic N) is 2.